The van der Waals surface area contributed by atoms with E-state index in [9.17, 15) is 4.39 Å². The molecule has 2 aromatic carbocycles. The van der Waals surface area contributed by atoms with Crippen LogP contribution < -0.4 is 5.32 Å². The van der Waals surface area contributed by atoms with Gasteiger partial charge in [0.1, 0.15) is 5.82 Å². The fraction of sp³-hybridized carbons (Fsp3) is 0.333. The molecule has 0 aliphatic heterocycles. The molecule has 0 saturated heterocycles. The van der Waals surface area contributed by atoms with Crippen molar-refractivity contribution in [1.29, 1.82) is 0 Å². The van der Waals surface area contributed by atoms with Gasteiger partial charge in [-0.05, 0) is 25.2 Å². The van der Waals surface area contributed by atoms with Gasteiger partial charge < -0.3 is 10.2 Å². The predicted molar refractivity (Wildman–Crippen MR) is 85.6 cm³/mol. The monoisotopic (exact) mass is 286 g/mol. The zero-order valence-corrected chi connectivity index (χ0v) is 12.7. The van der Waals surface area contributed by atoms with Crippen LogP contribution in [-0.4, -0.2) is 25.0 Å². The maximum Gasteiger partial charge on any atom is 0.127 e. The third-order valence-electron chi connectivity index (χ3n) is 3.54. The van der Waals surface area contributed by atoms with Crippen LogP contribution >= 0.6 is 0 Å². The summed E-state index contributed by atoms with van der Waals surface area (Å²) in [6.07, 6.45) is 0. The van der Waals surface area contributed by atoms with E-state index in [1.54, 1.807) is 6.07 Å². The summed E-state index contributed by atoms with van der Waals surface area (Å²) < 4.78 is 13.7. The largest absolute Gasteiger partial charge is 0.309 e. The van der Waals surface area contributed by atoms with E-state index in [4.69, 9.17) is 0 Å². The molecule has 1 atom stereocenters. The molecule has 0 aliphatic rings. The quantitative estimate of drug-likeness (QED) is 0.836. The molecule has 0 radical (unpaired) electrons. The predicted octanol–water partition coefficient (Wildman–Crippen LogP) is 3.61. The molecular weight excluding hydrogens is 263 g/mol. The molecule has 112 valence electrons. The minimum Gasteiger partial charge on any atom is -0.309 e. The molecule has 0 aliphatic carbocycles. The molecule has 3 heteroatoms. The summed E-state index contributed by atoms with van der Waals surface area (Å²) in [7, 11) is 2.03. The second-order valence-electron chi connectivity index (χ2n) is 5.31. The standard InChI is InChI=1S/C18H23FN2/c1-3-20-18(15-9-5-4-6-10-15)14-21(2)13-16-11-7-8-12-17(16)19/h4-12,18,20H,3,13-14H2,1-2H3. The van der Waals surface area contributed by atoms with Crippen molar-refractivity contribution >= 4 is 0 Å². The molecule has 0 aromatic heterocycles. The van der Waals surface area contributed by atoms with E-state index >= 15 is 0 Å². The van der Waals surface area contributed by atoms with Gasteiger partial charge in [0.25, 0.3) is 0 Å². The molecule has 1 N–H and O–H groups in total. The Morgan fingerprint density at radius 3 is 2.38 bits per heavy atom. The molecule has 2 aromatic rings. The maximum absolute atomic E-state index is 13.7. The van der Waals surface area contributed by atoms with Crippen LogP contribution in [0.15, 0.2) is 54.6 Å². The number of likely N-dealkylation sites (N-methyl/N-ethyl adjacent to an activating group) is 2. The van der Waals surface area contributed by atoms with E-state index in [1.165, 1.54) is 11.6 Å². The van der Waals surface area contributed by atoms with Crippen molar-refractivity contribution in [2.45, 2.75) is 19.5 Å². The SMILES string of the molecule is CCNC(CN(C)Cc1ccccc1F)c1ccccc1. The van der Waals surface area contributed by atoms with Gasteiger partial charge >= 0.3 is 0 Å². The maximum atomic E-state index is 13.7. The molecule has 0 spiro atoms. The first kappa shape index (κ1) is 15.7. The summed E-state index contributed by atoms with van der Waals surface area (Å²) in [5.41, 5.74) is 2.00. The van der Waals surface area contributed by atoms with E-state index < -0.39 is 0 Å². The molecule has 2 rings (SSSR count). The Morgan fingerprint density at radius 2 is 1.71 bits per heavy atom. The fourth-order valence-corrected chi connectivity index (χ4v) is 2.51. The normalized spacial score (nSPS) is 12.6. The van der Waals surface area contributed by atoms with E-state index in [-0.39, 0.29) is 11.9 Å². The number of hydrogen-bond donors (Lipinski definition) is 1. The van der Waals surface area contributed by atoms with Crippen molar-refractivity contribution in [3.05, 3.63) is 71.5 Å². The molecule has 0 heterocycles. The molecule has 0 bridgehead atoms. The second kappa shape index (κ2) is 7.91. The van der Waals surface area contributed by atoms with Crippen LogP contribution in [0.1, 0.15) is 24.1 Å². The Hall–Kier alpha value is -1.71. The van der Waals surface area contributed by atoms with Gasteiger partial charge in [-0.15, -0.1) is 0 Å². The Labute approximate surface area is 126 Å². The Bertz CT molecular complexity index is 542. The summed E-state index contributed by atoms with van der Waals surface area (Å²) in [5, 5.41) is 3.49. The van der Waals surface area contributed by atoms with Crippen molar-refractivity contribution in [3.63, 3.8) is 0 Å². The lowest BCUT2D eigenvalue weighted by Gasteiger charge is -2.25. The zero-order valence-electron chi connectivity index (χ0n) is 12.7. The number of rotatable bonds is 7. The molecule has 0 amide bonds. The second-order valence-corrected chi connectivity index (χ2v) is 5.31. The third-order valence-corrected chi connectivity index (χ3v) is 3.54. The highest BCUT2D eigenvalue weighted by molar-refractivity contribution is 5.20. The van der Waals surface area contributed by atoms with E-state index in [2.05, 4.69) is 41.4 Å². The van der Waals surface area contributed by atoms with Crippen LogP contribution in [-0.2, 0) is 6.54 Å². The van der Waals surface area contributed by atoms with Crippen LogP contribution in [0, 0.1) is 5.82 Å². The van der Waals surface area contributed by atoms with Gasteiger partial charge in [-0.3, -0.25) is 0 Å². The minimum atomic E-state index is -0.135. The van der Waals surface area contributed by atoms with Gasteiger partial charge in [0.15, 0.2) is 0 Å². The summed E-state index contributed by atoms with van der Waals surface area (Å²) in [5.74, 6) is -0.135. The Kier molecular flexibility index (Phi) is 5.90. The smallest absolute Gasteiger partial charge is 0.127 e. The Morgan fingerprint density at radius 1 is 1.05 bits per heavy atom. The first-order chi connectivity index (χ1) is 10.2. The van der Waals surface area contributed by atoms with Gasteiger partial charge in [0, 0.05) is 24.7 Å². The van der Waals surface area contributed by atoms with Gasteiger partial charge in [0.2, 0.25) is 0 Å². The highest BCUT2D eigenvalue weighted by Crippen LogP contribution is 2.16. The molecule has 0 fully saturated rings. The highest BCUT2D eigenvalue weighted by atomic mass is 19.1. The van der Waals surface area contributed by atoms with E-state index in [0.29, 0.717) is 6.54 Å². The third kappa shape index (κ3) is 4.66. The van der Waals surface area contributed by atoms with Crippen LogP contribution in [0.25, 0.3) is 0 Å². The van der Waals surface area contributed by atoms with Crippen molar-refractivity contribution in [1.82, 2.24) is 10.2 Å². The molecule has 2 nitrogen and oxygen atoms in total. The molecular formula is C18H23FN2. The summed E-state index contributed by atoms with van der Waals surface area (Å²) >= 11 is 0. The lowest BCUT2D eigenvalue weighted by atomic mass is 10.1. The molecule has 21 heavy (non-hydrogen) atoms. The van der Waals surface area contributed by atoms with Crippen molar-refractivity contribution < 1.29 is 4.39 Å². The highest BCUT2D eigenvalue weighted by Gasteiger charge is 2.13. The number of hydrogen-bond acceptors (Lipinski definition) is 2. The summed E-state index contributed by atoms with van der Waals surface area (Å²) in [6, 6.07) is 17.6. The zero-order chi connectivity index (χ0) is 15.1. The van der Waals surface area contributed by atoms with Gasteiger partial charge in [-0.2, -0.15) is 0 Å². The molecule has 1 unspecified atom stereocenters. The topological polar surface area (TPSA) is 15.3 Å². The van der Waals surface area contributed by atoms with Crippen LogP contribution in [0.2, 0.25) is 0 Å². The number of nitrogens with one attached hydrogen (secondary N) is 1. The minimum absolute atomic E-state index is 0.135. The average molecular weight is 286 g/mol. The van der Waals surface area contributed by atoms with Crippen molar-refractivity contribution in [2.75, 3.05) is 20.1 Å². The number of halogens is 1. The van der Waals surface area contributed by atoms with Crippen molar-refractivity contribution in [2.24, 2.45) is 0 Å². The average Bonchev–Trinajstić information content (AvgIpc) is 2.50. The van der Waals surface area contributed by atoms with Crippen LogP contribution in [0.3, 0.4) is 0 Å². The number of benzene rings is 2. The van der Waals surface area contributed by atoms with Crippen LogP contribution in [0.4, 0.5) is 4.39 Å². The van der Waals surface area contributed by atoms with E-state index in [1.807, 2.05) is 25.2 Å². The van der Waals surface area contributed by atoms with Gasteiger partial charge in [0.05, 0.1) is 0 Å². The lowest BCUT2D eigenvalue weighted by molar-refractivity contribution is 0.281. The summed E-state index contributed by atoms with van der Waals surface area (Å²) in [6.45, 7) is 4.47. The van der Waals surface area contributed by atoms with E-state index in [0.717, 1.165) is 18.7 Å². The lowest BCUT2D eigenvalue weighted by Crippen LogP contribution is -2.33. The number of nitrogens with zero attached hydrogens (tertiary/aromatic N) is 1. The van der Waals surface area contributed by atoms with Crippen molar-refractivity contribution in [3.8, 4) is 0 Å². The first-order valence-electron chi connectivity index (χ1n) is 7.41. The Balaban J connectivity index is 2.02. The van der Waals surface area contributed by atoms with Gasteiger partial charge in [-0.25, -0.2) is 4.39 Å². The summed E-state index contributed by atoms with van der Waals surface area (Å²) in [4.78, 5) is 2.15. The fourth-order valence-electron chi connectivity index (χ4n) is 2.51. The molecule has 0 saturated carbocycles. The van der Waals surface area contributed by atoms with Gasteiger partial charge in [-0.1, -0.05) is 55.5 Å². The first-order valence-corrected chi connectivity index (χ1v) is 7.41. The van der Waals surface area contributed by atoms with Crippen LogP contribution in [0.5, 0.6) is 0 Å².